The van der Waals surface area contributed by atoms with E-state index >= 15 is 0 Å². The topological polar surface area (TPSA) is 60.9 Å². The average molecular weight is 597 g/mol. The van der Waals surface area contributed by atoms with Gasteiger partial charge in [0.2, 0.25) is 0 Å². The minimum atomic E-state index is 0.819. The molecule has 5 aromatic carbocycles. The zero-order valence-corrected chi connectivity index (χ0v) is 24.8. The molecule has 0 atom stereocenters. The summed E-state index contributed by atoms with van der Waals surface area (Å²) in [6.45, 7) is 0. The molecule has 0 spiro atoms. The highest BCUT2D eigenvalue weighted by Crippen LogP contribution is 2.34. The molecule has 0 fully saturated rings. The maximum absolute atomic E-state index is 5.14. The van der Waals surface area contributed by atoms with E-state index in [0.29, 0.717) is 0 Å². The number of rotatable bonds is 5. The first-order valence-electron chi connectivity index (χ1n) is 14.7. The smallest absolute Gasteiger partial charge is 0.163 e. The van der Waals surface area contributed by atoms with Crippen molar-refractivity contribution in [2.75, 3.05) is 0 Å². The van der Waals surface area contributed by atoms with Gasteiger partial charge < -0.3 is 4.40 Å². The quantitative estimate of drug-likeness (QED) is 0.199. The van der Waals surface area contributed by atoms with Gasteiger partial charge in [-0.05, 0) is 36.4 Å². The van der Waals surface area contributed by atoms with Crippen LogP contribution in [0.1, 0.15) is 0 Å². The molecular weight excluding hydrogens is 573 g/mol. The van der Waals surface area contributed by atoms with Crippen molar-refractivity contribution in [3.63, 3.8) is 0 Å². The SMILES string of the molecule is c1ccc(-n2c(-c3ccc(-c4cn5ccnc5c(-c5ccc(-c6nc7ccccc7s6)cc5)n4)cc3)nc3ccccc32)cc1. The van der Waals surface area contributed by atoms with Crippen LogP contribution in [-0.4, -0.2) is 28.9 Å². The van der Waals surface area contributed by atoms with E-state index in [2.05, 4.69) is 119 Å². The Kier molecular flexibility index (Phi) is 5.89. The van der Waals surface area contributed by atoms with Gasteiger partial charge in [0.1, 0.15) is 16.5 Å². The monoisotopic (exact) mass is 596 g/mol. The Morgan fingerprint density at radius 1 is 0.556 bits per heavy atom. The lowest BCUT2D eigenvalue weighted by atomic mass is 10.1. The molecule has 0 saturated carbocycles. The fourth-order valence-electron chi connectivity index (χ4n) is 5.88. The van der Waals surface area contributed by atoms with E-state index in [1.54, 1.807) is 11.3 Å². The number of fused-ring (bicyclic) bond motifs is 3. The highest BCUT2D eigenvalue weighted by Gasteiger charge is 2.16. The van der Waals surface area contributed by atoms with Gasteiger partial charge in [-0.3, -0.25) is 4.57 Å². The Morgan fingerprint density at radius 3 is 2.07 bits per heavy atom. The van der Waals surface area contributed by atoms with Gasteiger partial charge in [0, 0.05) is 46.5 Å². The molecule has 9 rings (SSSR count). The first-order valence-corrected chi connectivity index (χ1v) is 15.5. The molecule has 9 aromatic rings. The van der Waals surface area contributed by atoms with Crippen molar-refractivity contribution in [3.05, 3.63) is 146 Å². The molecule has 0 aliphatic heterocycles. The zero-order valence-electron chi connectivity index (χ0n) is 23.9. The molecule has 4 heterocycles. The summed E-state index contributed by atoms with van der Waals surface area (Å²) < 4.78 is 5.45. The van der Waals surface area contributed by atoms with E-state index in [0.717, 1.165) is 72.4 Å². The van der Waals surface area contributed by atoms with Crippen LogP contribution in [-0.2, 0) is 0 Å². The minimum Gasteiger partial charge on any atom is -0.303 e. The fraction of sp³-hybridized carbons (Fsp3) is 0. The molecule has 4 aromatic heterocycles. The third-order valence-electron chi connectivity index (χ3n) is 8.09. The maximum Gasteiger partial charge on any atom is 0.163 e. The van der Waals surface area contributed by atoms with Gasteiger partial charge in [-0.15, -0.1) is 11.3 Å². The van der Waals surface area contributed by atoms with Crippen molar-refractivity contribution in [3.8, 4) is 50.2 Å². The number of aromatic nitrogens is 6. The molecule has 0 unspecified atom stereocenters. The number of benzene rings is 5. The third-order valence-corrected chi connectivity index (χ3v) is 9.17. The number of para-hydroxylation sites is 4. The molecule has 212 valence electrons. The molecule has 0 amide bonds. The van der Waals surface area contributed by atoms with Crippen LogP contribution in [0.2, 0.25) is 0 Å². The highest BCUT2D eigenvalue weighted by molar-refractivity contribution is 7.21. The summed E-state index contributed by atoms with van der Waals surface area (Å²) >= 11 is 1.71. The Labute approximate surface area is 262 Å². The van der Waals surface area contributed by atoms with Gasteiger partial charge in [-0.1, -0.05) is 91.0 Å². The molecule has 0 aliphatic carbocycles. The number of thiazole rings is 1. The predicted octanol–water partition coefficient (Wildman–Crippen LogP) is 9.35. The molecule has 0 radical (unpaired) electrons. The van der Waals surface area contributed by atoms with Crippen LogP contribution in [0.5, 0.6) is 0 Å². The van der Waals surface area contributed by atoms with Crippen LogP contribution in [0.15, 0.2) is 146 Å². The molecule has 7 heteroatoms. The van der Waals surface area contributed by atoms with Crippen LogP contribution < -0.4 is 0 Å². The molecule has 0 saturated heterocycles. The van der Waals surface area contributed by atoms with E-state index in [9.17, 15) is 0 Å². The largest absolute Gasteiger partial charge is 0.303 e. The first-order chi connectivity index (χ1) is 22.3. The summed E-state index contributed by atoms with van der Waals surface area (Å²) in [5.41, 5.74) is 10.8. The lowest BCUT2D eigenvalue weighted by Gasteiger charge is -2.11. The summed E-state index contributed by atoms with van der Waals surface area (Å²) in [7, 11) is 0. The van der Waals surface area contributed by atoms with Crippen molar-refractivity contribution in [2.24, 2.45) is 0 Å². The number of hydrogen-bond acceptors (Lipinski definition) is 5. The molecule has 45 heavy (non-hydrogen) atoms. The fourth-order valence-corrected chi connectivity index (χ4v) is 6.85. The standard InChI is InChI=1S/C38H24N6S/c1-2-8-29(9-3-1)44-33-12-6-4-10-30(33)41-36(44)27-18-14-25(15-19-27)32-24-43-23-22-39-37(43)35(40-32)26-16-20-28(21-17-26)38-42-31-11-5-7-13-34(31)45-38/h1-24H. The van der Waals surface area contributed by atoms with Gasteiger partial charge in [0.15, 0.2) is 5.65 Å². The summed E-state index contributed by atoms with van der Waals surface area (Å²) in [6, 6.07) is 43.8. The Morgan fingerprint density at radius 2 is 1.24 bits per heavy atom. The molecule has 0 aliphatic rings. The second-order valence-electron chi connectivity index (χ2n) is 10.9. The number of hydrogen-bond donors (Lipinski definition) is 0. The van der Waals surface area contributed by atoms with Crippen LogP contribution >= 0.6 is 11.3 Å². The number of imidazole rings is 2. The van der Waals surface area contributed by atoms with Crippen molar-refractivity contribution in [2.45, 2.75) is 0 Å². The highest BCUT2D eigenvalue weighted by atomic mass is 32.1. The normalized spacial score (nSPS) is 11.6. The van der Waals surface area contributed by atoms with E-state index in [1.807, 2.05) is 41.2 Å². The minimum absolute atomic E-state index is 0.819. The third kappa shape index (κ3) is 4.41. The Balaban J connectivity index is 1.09. The van der Waals surface area contributed by atoms with Crippen LogP contribution in [0, 0.1) is 0 Å². The van der Waals surface area contributed by atoms with E-state index in [-0.39, 0.29) is 0 Å². The van der Waals surface area contributed by atoms with Crippen molar-refractivity contribution >= 4 is 38.2 Å². The summed E-state index contributed by atoms with van der Waals surface area (Å²) in [4.78, 5) is 19.6. The molecule has 0 bridgehead atoms. The lowest BCUT2D eigenvalue weighted by molar-refractivity contribution is 1.10. The Hall–Kier alpha value is -5.92. The zero-order chi connectivity index (χ0) is 29.7. The van der Waals surface area contributed by atoms with E-state index < -0.39 is 0 Å². The van der Waals surface area contributed by atoms with Crippen LogP contribution in [0.25, 0.3) is 77.1 Å². The molecule has 6 nitrogen and oxygen atoms in total. The predicted molar refractivity (Wildman–Crippen MR) is 183 cm³/mol. The van der Waals surface area contributed by atoms with Crippen molar-refractivity contribution in [1.29, 1.82) is 0 Å². The van der Waals surface area contributed by atoms with E-state index in [1.165, 1.54) is 4.70 Å². The van der Waals surface area contributed by atoms with Crippen LogP contribution in [0.4, 0.5) is 0 Å². The second kappa shape index (κ2) is 10.4. The molecular formula is C38H24N6S. The van der Waals surface area contributed by atoms with Gasteiger partial charge in [-0.25, -0.2) is 19.9 Å². The summed E-state index contributed by atoms with van der Waals surface area (Å²) in [5, 5.41) is 1.01. The van der Waals surface area contributed by atoms with Crippen molar-refractivity contribution in [1.82, 2.24) is 28.9 Å². The van der Waals surface area contributed by atoms with E-state index in [4.69, 9.17) is 15.0 Å². The number of nitrogens with zero attached hydrogens (tertiary/aromatic N) is 6. The van der Waals surface area contributed by atoms with Gasteiger partial charge in [0.25, 0.3) is 0 Å². The first kappa shape index (κ1) is 25.6. The average Bonchev–Trinajstić information content (AvgIpc) is 3.85. The van der Waals surface area contributed by atoms with Crippen molar-refractivity contribution < 1.29 is 0 Å². The lowest BCUT2D eigenvalue weighted by Crippen LogP contribution is -1.98. The van der Waals surface area contributed by atoms with Gasteiger partial charge in [0.05, 0.1) is 26.9 Å². The Bertz CT molecular complexity index is 2440. The second-order valence-corrected chi connectivity index (χ2v) is 11.9. The maximum atomic E-state index is 5.14. The van der Waals surface area contributed by atoms with Gasteiger partial charge >= 0.3 is 0 Å². The van der Waals surface area contributed by atoms with Crippen LogP contribution in [0.3, 0.4) is 0 Å². The molecule has 0 N–H and O–H groups in total. The summed E-state index contributed by atoms with van der Waals surface area (Å²) in [6.07, 6.45) is 5.82. The van der Waals surface area contributed by atoms with Gasteiger partial charge in [-0.2, -0.15) is 0 Å². The summed E-state index contributed by atoms with van der Waals surface area (Å²) in [5.74, 6) is 0.904.